The van der Waals surface area contributed by atoms with Crippen molar-refractivity contribution in [1.82, 2.24) is 9.88 Å². The van der Waals surface area contributed by atoms with Crippen molar-refractivity contribution >= 4 is 29.3 Å². The Labute approximate surface area is 170 Å². The minimum absolute atomic E-state index is 0.00697. The molecule has 2 amide bonds. The summed E-state index contributed by atoms with van der Waals surface area (Å²) in [6, 6.07) is 12.5. The van der Waals surface area contributed by atoms with Gasteiger partial charge in [-0.25, -0.2) is 4.98 Å². The monoisotopic (exact) mass is 385 g/mol. The first-order valence-electron chi connectivity index (χ1n) is 10.2. The van der Waals surface area contributed by atoms with E-state index in [2.05, 4.69) is 40.6 Å². The van der Waals surface area contributed by atoms with Crippen molar-refractivity contribution in [2.75, 3.05) is 18.4 Å². The molecular formula is C24H23N3O2. The summed E-state index contributed by atoms with van der Waals surface area (Å²) >= 11 is 0. The number of nitrogens with one attached hydrogen (secondary N) is 1. The number of pyridine rings is 1. The third-order valence-corrected chi connectivity index (χ3v) is 6.13. The largest absolute Gasteiger partial charge is 0.338 e. The maximum atomic E-state index is 12.7. The van der Waals surface area contributed by atoms with Gasteiger partial charge in [0.15, 0.2) is 0 Å². The molecule has 5 rings (SSSR count). The van der Waals surface area contributed by atoms with E-state index in [4.69, 9.17) is 0 Å². The van der Waals surface area contributed by atoms with Crippen molar-refractivity contribution in [1.29, 1.82) is 0 Å². The zero-order valence-corrected chi connectivity index (χ0v) is 16.2. The topological polar surface area (TPSA) is 62.3 Å². The van der Waals surface area contributed by atoms with Gasteiger partial charge in [0.05, 0.1) is 0 Å². The van der Waals surface area contributed by atoms with E-state index < -0.39 is 0 Å². The Bertz CT molecular complexity index is 1030. The number of anilines is 1. The van der Waals surface area contributed by atoms with Gasteiger partial charge in [-0.2, -0.15) is 0 Å². The predicted octanol–water partition coefficient (Wildman–Crippen LogP) is 3.54. The molecular weight excluding hydrogens is 362 g/mol. The third kappa shape index (κ3) is 3.60. The molecule has 2 atom stereocenters. The highest BCUT2D eigenvalue weighted by molar-refractivity contribution is 5.94. The lowest BCUT2D eigenvalue weighted by Crippen LogP contribution is -2.27. The highest BCUT2D eigenvalue weighted by atomic mass is 16.2. The Morgan fingerprint density at radius 3 is 2.86 bits per heavy atom. The summed E-state index contributed by atoms with van der Waals surface area (Å²) in [4.78, 5) is 30.4. The van der Waals surface area contributed by atoms with Gasteiger partial charge in [0.25, 0.3) is 0 Å². The van der Waals surface area contributed by atoms with Crippen molar-refractivity contribution in [3.63, 3.8) is 0 Å². The van der Waals surface area contributed by atoms with Crippen LogP contribution in [0.25, 0.3) is 11.6 Å². The van der Waals surface area contributed by atoms with Gasteiger partial charge in [-0.3, -0.25) is 9.59 Å². The Balaban J connectivity index is 1.23. The molecule has 0 spiro atoms. The molecule has 146 valence electrons. The number of fused-ring (bicyclic) bond motifs is 2. The molecule has 1 saturated heterocycles. The number of rotatable bonds is 3. The number of allylic oxidation sites excluding steroid dienone is 1. The lowest BCUT2D eigenvalue weighted by Gasteiger charge is -2.16. The first kappa shape index (κ1) is 17.9. The number of carbonyl (C=O) groups is 2. The van der Waals surface area contributed by atoms with Crippen LogP contribution in [-0.2, 0) is 16.0 Å². The van der Waals surface area contributed by atoms with E-state index in [0.29, 0.717) is 30.5 Å². The van der Waals surface area contributed by atoms with E-state index in [-0.39, 0.29) is 11.8 Å². The molecule has 1 aliphatic carbocycles. The van der Waals surface area contributed by atoms with E-state index in [0.717, 1.165) is 30.6 Å². The number of amides is 2. The van der Waals surface area contributed by atoms with Gasteiger partial charge >= 0.3 is 0 Å². The number of benzene rings is 1. The molecule has 0 unspecified atom stereocenters. The number of nitrogens with zero attached hydrogens (tertiary/aromatic N) is 2. The first-order valence-corrected chi connectivity index (χ1v) is 10.2. The normalized spacial score (nSPS) is 23.0. The summed E-state index contributed by atoms with van der Waals surface area (Å²) in [6.45, 7) is 1.60. The van der Waals surface area contributed by atoms with Crippen LogP contribution in [0.4, 0.5) is 5.82 Å². The van der Waals surface area contributed by atoms with Crippen molar-refractivity contribution in [2.24, 2.45) is 11.8 Å². The van der Waals surface area contributed by atoms with Gasteiger partial charge in [0.1, 0.15) is 5.82 Å². The summed E-state index contributed by atoms with van der Waals surface area (Å²) in [7, 11) is 0. The quantitative estimate of drug-likeness (QED) is 0.822. The molecule has 3 aliphatic rings. The zero-order chi connectivity index (χ0) is 19.8. The van der Waals surface area contributed by atoms with E-state index in [1.807, 2.05) is 23.1 Å². The highest BCUT2D eigenvalue weighted by Gasteiger charge is 2.37. The van der Waals surface area contributed by atoms with Gasteiger partial charge in [0, 0.05) is 31.8 Å². The van der Waals surface area contributed by atoms with Crippen molar-refractivity contribution in [3.05, 3.63) is 71.4 Å². The molecule has 3 heterocycles. The molecule has 1 fully saturated rings. The molecule has 0 bridgehead atoms. The smallest absolute Gasteiger partial charge is 0.246 e. The zero-order valence-electron chi connectivity index (χ0n) is 16.2. The van der Waals surface area contributed by atoms with Gasteiger partial charge in [-0.1, -0.05) is 36.4 Å². The number of aromatic nitrogens is 1. The molecule has 1 aromatic carbocycles. The average Bonchev–Trinajstić information content (AvgIpc) is 3.32. The molecule has 1 aromatic heterocycles. The number of aryl methyl sites for hydroxylation is 1. The number of hydrogen-bond acceptors (Lipinski definition) is 3. The van der Waals surface area contributed by atoms with Crippen LogP contribution in [0.5, 0.6) is 0 Å². The highest BCUT2D eigenvalue weighted by Crippen LogP contribution is 2.40. The van der Waals surface area contributed by atoms with E-state index in [9.17, 15) is 9.59 Å². The number of likely N-dealkylation sites (tertiary alicyclic amines) is 1. The Kier molecular flexibility index (Phi) is 4.51. The van der Waals surface area contributed by atoms with Crippen LogP contribution in [0.2, 0.25) is 0 Å². The molecule has 2 aliphatic heterocycles. The Hall–Kier alpha value is -3.21. The molecule has 0 saturated carbocycles. The predicted molar refractivity (Wildman–Crippen MR) is 113 cm³/mol. The third-order valence-electron chi connectivity index (χ3n) is 6.13. The maximum Gasteiger partial charge on any atom is 0.246 e. The van der Waals surface area contributed by atoms with Crippen LogP contribution in [0.1, 0.15) is 29.5 Å². The lowest BCUT2D eigenvalue weighted by molar-refractivity contribution is -0.125. The van der Waals surface area contributed by atoms with Crippen LogP contribution < -0.4 is 5.32 Å². The second kappa shape index (κ2) is 7.32. The van der Waals surface area contributed by atoms with Crippen molar-refractivity contribution < 1.29 is 9.59 Å². The Morgan fingerprint density at radius 1 is 1.17 bits per heavy atom. The van der Waals surface area contributed by atoms with Gasteiger partial charge in [-0.05, 0) is 59.1 Å². The number of carbonyl (C=O) groups excluding carboxylic acids is 2. The fraction of sp³-hybridized carbons (Fsp3) is 0.292. The van der Waals surface area contributed by atoms with Crippen LogP contribution in [0.15, 0.2) is 54.7 Å². The lowest BCUT2D eigenvalue weighted by atomic mass is 9.98. The summed E-state index contributed by atoms with van der Waals surface area (Å²) in [5.74, 6) is 1.68. The van der Waals surface area contributed by atoms with Gasteiger partial charge < -0.3 is 10.2 Å². The minimum atomic E-state index is 0.00697. The Morgan fingerprint density at radius 2 is 2.03 bits per heavy atom. The standard InChI is InChI=1S/C24H23N3O2/c28-22-8-7-18-10-16(13-25-24(18)26-22)6-9-23(29)27-14-20-11-19(12-21(20)15-27)17-4-2-1-3-5-17/h1-6,9-11,13,20-21H,7-8,12,14-15H2,(H,25,26,28)/b9-6+/t20-,21+/m0/s1. The summed E-state index contributed by atoms with van der Waals surface area (Å²) < 4.78 is 0. The summed E-state index contributed by atoms with van der Waals surface area (Å²) in [5, 5.41) is 2.78. The maximum absolute atomic E-state index is 12.7. The van der Waals surface area contributed by atoms with Crippen molar-refractivity contribution in [3.8, 4) is 0 Å². The molecule has 29 heavy (non-hydrogen) atoms. The summed E-state index contributed by atoms with van der Waals surface area (Å²) in [5.41, 5.74) is 4.62. The minimum Gasteiger partial charge on any atom is -0.338 e. The van der Waals surface area contributed by atoms with Crippen LogP contribution in [0, 0.1) is 11.8 Å². The first-order chi connectivity index (χ1) is 14.2. The van der Waals surface area contributed by atoms with Crippen LogP contribution >= 0.6 is 0 Å². The average molecular weight is 385 g/mol. The van der Waals surface area contributed by atoms with Crippen LogP contribution in [0.3, 0.4) is 0 Å². The fourth-order valence-corrected chi connectivity index (χ4v) is 4.60. The second-order valence-electron chi connectivity index (χ2n) is 8.09. The molecule has 1 N–H and O–H groups in total. The molecule has 2 aromatic rings. The molecule has 5 nitrogen and oxygen atoms in total. The summed E-state index contributed by atoms with van der Waals surface area (Å²) in [6.07, 6.45) is 9.74. The second-order valence-corrected chi connectivity index (χ2v) is 8.09. The van der Waals surface area contributed by atoms with Crippen LogP contribution in [-0.4, -0.2) is 34.8 Å². The van der Waals surface area contributed by atoms with Gasteiger partial charge in [-0.15, -0.1) is 0 Å². The van der Waals surface area contributed by atoms with E-state index in [1.54, 1.807) is 12.3 Å². The van der Waals surface area contributed by atoms with E-state index in [1.165, 1.54) is 11.1 Å². The SMILES string of the molecule is O=C1CCc2cc(/C=C/C(=O)N3C[C@H]4CC(c5ccccc5)=C[C@H]4C3)cnc2N1. The van der Waals surface area contributed by atoms with Gasteiger partial charge in [0.2, 0.25) is 11.8 Å². The van der Waals surface area contributed by atoms with Crippen molar-refractivity contribution in [2.45, 2.75) is 19.3 Å². The number of hydrogen-bond donors (Lipinski definition) is 1. The van der Waals surface area contributed by atoms with E-state index >= 15 is 0 Å². The molecule has 5 heteroatoms. The molecule has 0 radical (unpaired) electrons. The fourth-order valence-electron chi connectivity index (χ4n) is 4.60.